The Labute approximate surface area is 128 Å². The standard InChI is InChI=1S/C17H18N4O/c1-20-9-7-12(8-10-20)16-18-19-17(22-16)14-11-21(2)15-6-4-3-5-13(14)15/h3-7,11H,8-10H2,1-2H3. The molecule has 0 bridgehead atoms. The summed E-state index contributed by atoms with van der Waals surface area (Å²) < 4.78 is 8.03. The molecule has 3 heterocycles. The van der Waals surface area contributed by atoms with E-state index in [2.05, 4.69) is 44.9 Å². The molecule has 0 fully saturated rings. The number of para-hydroxylation sites is 1. The summed E-state index contributed by atoms with van der Waals surface area (Å²) in [6.07, 6.45) is 5.17. The van der Waals surface area contributed by atoms with Crippen LogP contribution in [0.4, 0.5) is 0 Å². The van der Waals surface area contributed by atoms with Crippen LogP contribution in [0.15, 0.2) is 41.0 Å². The SMILES string of the molecule is CN1CC=C(c2nnc(-c3cn(C)c4ccccc34)o2)CC1. The monoisotopic (exact) mass is 294 g/mol. The smallest absolute Gasteiger partial charge is 0.250 e. The van der Waals surface area contributed by atoms with Crippen molar-refractivity contribution in [3.05, 3.63) is 42.4 Å². The van der Waals surface area contributed by atoms with Gasteiger partial charge in [-0.1, -0.05) is 24.3 Å². The van der Waals surface area contributed by atoms with Crippen molar-refractivity contribution in [3.63, 3.8) is 0 Å². The Bertz CT molecular complexity index is 859. The van der Waals surface area contributed by atoms with E-state index in [1.807, 2.05) is 25.4 Å². The Kier molecular flexibility index (Phi) is 3.08. The van der Waals surface area contributed by atoms with Crippen molar-refractivity contribution in [2.24, 2.45) is 7.05 Å². The molecule has 0 N–H and O–H groups in total. The maximum Gasteiger partial charge on any atom is 0.250 e. The molecule has 0 amide bonds. The van der Waals surface area contributed by atoms with Crippen molar-refractivity contribution in [2.75, 3.05) is 20.1 Å². The van der Waals surface area contributed by atoms with E-state index in [1.54, 1.807) is 0 Å². The highest BCUT2D eigenvalue weighted by Crippen LogP contribution is 2.31. The fourth-order valence-corrected chi connectivity index (χ4v) is 2.94. The fourth-order valence-electron chi connectivity index (χ4n) is 2.94. The lowest BCUT2D eigenvalue weighted by molar-refractivity contribution is 0.367. The van der Waals surface area contributed by atoms with Crippen molar-refractivity contribution in [2.45, 2.75) is 6.42 Å². The molecule has 0 saturated carbocycles. The molecule has 112 valence electrons. The molecule has 1 aliphatic rings. The van der Waals surface area contributed by atoms with Gasteiger partial charge in [-0.2, -0.15) is 0 Å². The van der Waals surface area contributed by atoms with Gasteiger partial charge in [-0.25, -0.2) is 0 Å². The summed E-state index contributed by atoms with van der Waals surface area (Å²) in [7, 11) is 4.14. The third-order valence-electron chi connectivity index (χ3n) is 4.24. The third kappa shape index (κ3) is 2.14. The predicted molar refractivity (Wildman–Crippen MR) is 86.3 cm³/mol. The van der Waals surface area contributed by atoms with Gasteiger partial charge >= 0.3 is 0 Å². The molecular formula is C17H18N4O. The van der Waals surface area contributed by atoms with Crippen LogP contribution in [-0.2, 0) is 7.05 Å². The van der Waals surface area contributed by atoms with E-state index in [0.29, 0.717) is 11.8 Å². The van der Waals surface area contributed by atoms with Crippen molar-refractivity contribution in [3.8, 4) is 11.5 Å². The first kappa shape index (κ1) is 13.3. The highest BCUT2D eigenvalue weighted by Gasteiger charge is 2.18. The van der Waals surface area contributed by atoms with Gasteiger partial charge < -0.3 is 13.9 Å². The molecule has 0 saturated heterocycles. The Morgan fingerprint density at radius 3 is 2.73 bits per heavy atom. The second-order valence-electron chi connectivity index (χ2n) is 5.82. The summed E-state index contributed by atoms with van der Waals surface area (Å²) in [5.41, 5.74) is 3.30. The molecular weight excluding hydrogens is 276 g/mol. The van der Waals surface area contributed by atoms with E-state index in [4.69, 9.17) is 4.42 Å². The van der Waals surface area contributed by atoms with Crippen LogP contribution < -0.4 is 0 Å². The number of likely N-dealkylation sites (N-methyl/N-ethyl adjacent to an activating group) is 1. The van der Waals surface area contributed by atoms with Gasteiger partial charge in [-0.05, 0) is 19.5 Å². The minimum absolute atomic E-state index is 0.589. The van der Waals surface area contributed by atoms with Crippen molar-refractivity contribution in [1.82, 2.24) is 19.7 Å². The van der Waals surface area contributed by atoms with E-state index in [1.165, 1.54) is 0 Å². The molecule has 5 nitrogen and oxygen atoms in total. The van der Waals surface area contributed by atoms with Crippen LogP contribution in [-0.4, -0.2) is 39.8 Å². The molecule has 4 rings (SSSR count). The van der Waals surface area contributed by atoms with E-state index < -0.39 is 0 Å². The predicted octanol–water partition coefficient (Wildman–Crippen LogP) is 2.95. The second-order valence-corrected chi connectivity index (χ2v) is 5.82. The van der Waals surface area contributed by atoms with Gasteiger partial charge in [0.05, 0.1) is 5.56 Å². The summed E-state index contributed by atoms with van der Waals surface area (Å²) in [4.78, 5) is 2.27. The zero-order valence-electron chi connectivity index (χ0n) is 12.8. The lowest BCUT2D eigenvalue weighted by Crippen LogP contribution is -2.23. The Hall–Kier alpha value is -2.40. The normalized spacial score (nSPS) is 16.2. The minimum atomic E-state index is 0.589. The van der Waals surface area contributed by atoms with Crippen LogP contribution in [0, 0.1) is 0 Å². The van der Waals surface area contributed by atoms with E-state index in [9.17, 15) is 0 Å². The summed E-state index contributed by atoms with van der Waals surface area (Å²) in [6, 6.07) is 8.25. The minimum Gasteiger partial charge on any atom is -0.416 e. The van der Waals surface area contributed by atoms with E-state index in [-0.39, 0.29) is 0 Å². The quantitative estimate of drug-likeness (QED) is 0.729. The molecule has 1 aliphatic heterocycles. The van der Waals surface area contributed by atoms with Crippen LogP contribution in [0.3, 0.4) is 0 Å². The number of rotatable bonds is 2. The highest BCUT2D eigenvalue weighted by molar-refractivity contribution is 5.93. The zero-order chi connectivity index (χ0) is 15.1. The lowest BCUT2D eigenvalue weighted by atomic mass is 10.1. The molecule has 0 atom stereocenters. The first-order chi connectivity index (χ1) is 10.7. The number of hydrogen-bond acceptors (Lipinski definition) is 4. The van der Waals surface area contributed by atoms with Gasteiger partial charge in [0.25, 0.3) is 0 Å². The molecule has 3 aromatic rings. The van der Waals surface area contributed by atoms with Gasteiger partial charge in [-0.15, -0.1) is 10.2 Å². The Balaban J connectivity index is 1.75. The average Bonchev–Trinajstić information content (AvgIpc) is 3.14. The van der Waals surface area contributed by atoms with Crippen LogP contribution in [0.2, 0.25) is 0 Å². The Morgan fingerprint density at radius 1 is 1.09 bits per heavy atom. The maximum absolute atomic E-state index is 5.94. The topological polar surface area (TPSA) is 47.1 Å². The van der Waals surface area contributed by atoms with Crippen LogP contribution in [0.1, 0.15) is 12.3 Å². The molecule has 1 aromatic carbocycles. The lowest BCUT2D eigenvalue weighted by Gasteiger charge is -2.19. The number of fused-ring (bicyclic) bond motifs is 1. The molecule has 0 spiro atoms. The van der Waals surface area contributed by atoms with Gasteiger partial charge in [0.1, 0.15) is 0 Å². The molecule has 5 heteroatoms. The van der Waals surface area contributed by atoms with E-state index >= 15 is 0 Å². The van der Waals surface area contributed by atoms with Crippen molar-refractivity contribution in [1.29, 1.82) is 0 Å². The summed E-state index contributed by atoms with van der Waals surface area (Å²) in [5, 5.41) is 9.64. The summed E-state index contributed by atoms with van der Waals surface area (Å²) in [6.45, 7) is 1.96. The van der Waals surface area contributed by atoms with Crippen LogP contribution in [0.5, 0.6) is 0 Å². The molecule has 0 aliphatic carbocycles. The van der Waals surface area contributed by atoms with Crippen molar-refractivity contribution < 1.29 is 4.42 Å². The molecule has 2 aromatic heterocycles. The first-order valence-electron chi connectivity index (χ1n) is 7.48. The number of aromatic nitrogens is 3. The Morgan fingerprint density at radius 2 is 1.91 bits per heavy atom. The van der Waals surface area contributed by atoms with Crippen LogP contribution in [0.25, 0.3) is 27.9 Å². The molecule has 0 radical (unpaired) electrons. The van der Waals surface area contributed by atoms with Gasteiger partial charge in [0.2, 0.25) is 11.8 Å². The van der Waals surface area contributed by atoms with Crippen molar-refractivity contribution >= 4 is 16.5 Å². The number of nitrogens with zero attached hydrogens (tertiary/aromatic N) is 4. The van der Waals surface area contributed by atoms with Gasteiger partial charge in [-0.3, -0.25) is 0 Å². The fraction of sp³-hybridized carbons (Fsp3) is 0.294. The van der Waals surface area contributed by atoms with E-state index in [0.717, 1.165) is 41.5 Å². The maximum atomic E-state index is 5.94. The average molecular weight is 294 g/mol. The van der Waals surface area contributed by atoms with Crippen LogP contribution >= 0.6 is 0 Å². The first-order valence-corrected chi connectivity index (χ1v) is 7.48. The molecule has 0 unspecified atom stereocenters. The number of aryl methyl sites for hydroxylation is 1. The molecule has 22 heavy (non-hydrogen) atoms. The summed E-state index contributed by atoms with van der Waals surface area (Å²) >= 11 is 0. The summed E-state index contributed by atoms with van der Waals surface area (Å²) in [5.74, 6) is 1.24. The largest absolute Gasteiger partial charge is 0.416 e. The third-order valence-corrected chi connectivity index (χ3v) is 4.24. The van der Waals surface area contributed by atoms with Gasteiger partial charge in [0.15, 0.2) is 0 Å². The second kappa shape index (κ2) is 5.10. The zero-order valence-corrected chi connectivity index (χ0v) is 12.8. The van der Waals surface area contributed by atoms with Gasteiger partial charge in [0, 0.05) is 42.8 Å². The number of hydrogen-bond donors (Lipinski definition) is 0. The highest BCUT2D eigenvalue weighted by atomic mass is 16.4. The number of benzene rings is 1.